The third kappa shape index (κ3) is 7.32. The minimum Gasteiger partial charge on any atom is -0.308 e. The Hall–Kier alpha value is -1.98. The molecule has 7 nitrogen and oxygen atoms in total. The molecule has 202 valence electrons. The number of sulfonamides is 1. The fraction of sp³-hybridized carbons (Fsp3) is 0.481. The molecule has 3 rings (SSSR count). The fourth-order valence-corrected chi connectivity index (χ4v) is 7.03. The number of carbonyl (C=O) groups excluding carboxylic acids is 1. The Bertz CT molecular complexity index is 1270. The van der Waals surface area contributed by atoms with E-state index in [4.69, 9.17) is 4.98 Å². The highest BCUT2D eigenvalue weighted by Crippen LogP contribution is 2.34. The van der Waals surface area contributed by atoms with E-state index in [1.165, 1.54) is 11.3 Å². The van der Waals surface area contributed by atoms with Crippen molar-refractivity contribution in [3.05, 3.63) is 48.0 Å². The Morgan fingerprint density at radius 2 is 1.59 bits per heavy atom. The second-order valence-corrected chi connectivity index (χ2v) is 13.0. The number of hydrogen-bond acceptors (Lipinski definition) is 7. The van der Waals surface area contributed by atoms with Gasteiger partial charge in [0, 0.05) is 36.6 Å². The first-order valence-corrected chi connectivity index (χ1v) is 16.2. The summed E-state index contributed by atoms with van der Waals surface area (Å²) in [7, 11) is 0.317. The average molecular weight is 563 g/mol. The van der Waals surface area contributed by atoms with Crippen LogP contribution in [0.2, 0.25) is 0 Å². The summed E-state index contributed by atoms with van der Waals surface area (Å²) in [6.45, 7) is 6.28. The summed E-state index contributed by atoms with van der Waals surface area (Å²) >= 11 is 3.13. The minimum atomic E-state index is -3.62. The van der Waals surface area contributed by atoms with Crippen molar-refractivity contribution in [3.63, 3.8) is 0 Å². The topological polar surface area (TPSA) is 73.8 Å². The van der Waals surface area contributed by atoms with E-state index in [1.54, 1.807) is 45.2 Å². The van der Waals surface area contributed by atoms with Crippen molar-refractivity contribution >= 4 is 54.4 Å². The number of benzene rings is 2. The van der Waals surface area contributed by atoms with Crippen LogP contribution in [0.3, 0.4) is 0 Å². The Morgan fingerprint density at radius 1 is 0.946 bits per heavy atom. The first kappa shape index (κ1) is 29.6. The summed E-state index contributed by atoms with van der Waals surface area (Å²) < 4.78 is 29.3. The lowest BCUT2D eigenvalue weighted by Gasteiger charge is -2.23. The Kier molecular flexibility index (Phi) is 11.0. The van der Waals surface area contributed by atoms with Crippen molar-refractivity contribution in [2.24, 2.45) is 0 Å². The van der Waals surface area contributed by atoms with Crippen LogP contribution in [-0.4, -0.2) is 75.0 Å². The number of fused-ring (bicyclic) bond motifs is 1. The molecule has 37 heavy (non-hydrogen) atoms. The van der Waals surface area contributed by atoms with Gasteiger partial charge in [-0.3, -0.25) is 9.69 Å². The highest BCUT2D eigenvalue weighted by Gasteiger charge is 2.26. The maximum atomic E-state index is 13.7. The monoisotopic (exact) mass is 562 g/mol. The van der Waals surface area contributed by atoms with Crippen molar-refractivity contribution in [3.8, 4) is 0 Å². The molecule has 0 unspecified atom stereocenters. The average Bonchev–Trinajstić information content (AvgIpc) is 3.32. The van der Waals surface area contributed by atoms with Crippen molar-refractivity contribution in [2.45, 2.75) is 49.3 Å². The number of unbranched alkanes of at least 4 members (excludes halogenated alkanes) is 2. The molecule has 0 radical (unpaired) electrons. The van der Waals surface area contributed by atoms with Gasteiger partial charge in [-0.25, -0.2) is 13.4 Å². The van der Waals surface area contributed by atoms with Gasteiger partial charge in [-0.2, -0.15) is 4.31 Å². The molecule has 0 saturated heterocycles. The van der Waals surface area contributed by atoms with Crippen molar-refractivity contribution in [1.29, 1.82) is 0 Å². The molecule has 2 aromatic carbocycles. The van der Waals surface area contributed by atoms with E-state index >= 15 is 0 Å². The predicted octanol–water partition coefficient (Wildman–Crippen LogP) is 5.82. The van der Waals surface area contributed by atoms with E-state index in [9.17, 15) is 13.2 Å². The molecule has 10 heteroatoms. The molecular weight excluding hydrogens is 525 g/mol. The minimum absolute atomic E-state index is 0.190. The second-order valence-electron chi connectivity index (χ2n) is 9.20. The van der Waals surface area contributed by atoms with Crippen LogP contribution >= 0.6 is 23.1 Å². The normalized spacial score (nSPS) is 12.1. The van der Waals surface area contributed by atoms with Crippen LogP contribution < -0.4 is 4.90 Å². The zero-order valence-corrected chi connectivity index (χ0v) is 24.9. The first-order valence-electron chi connectivity index (χ1n) is 12.7. The van der Waals surface area contributed by atoms with Crippen LogP contribution in [0, 0.1) is 0 Å². The van der Waals surface area contributed by atoms with Gasteiger partial charge in [-0.05, 0) is 69.6 Å². The van der Waals surface area contributed by atoms with Gasteiger partial charge in [-0.1, -0.05) is 44.1 Å². The summed E-state index contributed by atoms with van der Waals surface area (Å²) in [5.74, 6) is -0.190. The summed E-state index contributed by atoms with van der Waals surface area (Å²) in [6, 6.07) is 12.4. The van der Waals surface area contributed by atoms with Crippen LogP contribution in [0.5, 0.6) is 0 Å². The van der Waals surface area contributed by atoms with Crippen molar-refractivity contribution in [2.75, 3.05) is 51.4 Å². The van der Waals surface area contributed by atoms with Crippen LogP contribution in [-0.2, 0) is 10.0 Å². The number of carbonyl (C=O) groups is 1. The van der Waals surface area contributed by atoms with Gasteiger partial charge in [0.15, 0.2) is 5.13 Å². The molecule has 0 bridgehead atoms. The first-order chi connectivity index (χ1) is 17.7. The summed E-state index contributed by atoms with van der Waals surface area (Å²) in [5.41, 5.74) is 1.34. The molecule has 0 aliphatic heterocycles. The van der Waals surface area contributed by atoms with Crippen molar-refractivity contribution < 1.29 is 13.2 Å². The van der Waals surface area contributed by atoms with E-state index in [1.807, 2.05) is 43.5 Å². The lowest BCUT2D eigenvalue weighted by Crippen LogP contribution is -2.37. The molecule has 0 N–H and O–H groups in total. The number of para-hydroxylation sites is 1. The number of likely N-dealkylation sites (N-methyl/N-ethyl adjacent to an activating group) is 1. The van der Waals surface area contributed by atoms with Gasteiger partial charge in [0.1, 0.15) is 0 Å². The molecular formula is C27H38N4O3S3. The largest absolute Gasteiger partial charge is 0.308 e. The molecule has 1 heterocycles. The third-order valence-corrected chi connectivity index (χ3v) is 9.82. The third-order valence-electron chi connectivity index (χ3n) is 6.10. The maximum Gasteiger partial charge on any atom is 0.260 e. The summed E-state index contributed by atoms with van der Waals surface area (Å²) in [6.07, 6.45) is 5.52. The van der Waals surface area contributed by atoms with Gasteiger partial charge in [0.05, 0.1) is 15.1 Å². The molecule has 1 amide bonds. The number of thiazole rings is 1. The standard InChI is InChI=1S/C27H38N4O3S3/c1-6-8-17-30(18-9-7-2)37(33,34)22-15-13-21(14-16-22)26(32)31(20-19-29(3)4)27-28-25-23(35-5)11-10-12-24(25)36-27/h10-16H,6-9,17-20H2,1-5H3. The molecule has 0 atom stereocenters. The fourth-order valence-electron chi connectivity index (χ4n) is 3.87. The zero-order chi connectivity index (χ0) is 27.0. The van der Waals surface area contributed by atoms with E-state index in [0.29, 0.717) is 36.9 Å². The lowest BCUT2D eigenvalue weighted by molar-refractivity contribution is 0.0985. The van der Waals surface area contributed by atoms with E-state index < -0.39 is 10.0 Å². The predicted molar refractivity (Wildman–Crippen MR) is 157 cm³/mol. The molecule has 3 aromatic rings. The SMILES string of the molecule is CCCCN(CCCC)S(=O)(=O)c1ccc(C(=O)N(CCN(C)C)c2nc3c(SC)cccc3s2)cc1. The van der Waals surface area contributed by atoms with E-state index in [0.717, 1.165) is 40.8 Å². The van der Waals surface area contributed by atoms with Crippen LogP contribution in [0.25, 0.3) is 10.2 Å². The van der Waals surface area contributed by atoms with Crippen LogP contribution in [0.1, 0.15) is 49.9 Å². The van der Waals surface area contributed by atoms with Gasteiger partial charge in [0.2, 0.25) is 10.0 Å². The Labute approximate surface area is 229 Å². The van der Waals surface area contributed by atoms with Crippen LogP contribution in [0.4, 0.5) is 5.13 Å². The number of thioether (sulfide) groups is 1. The number of rotatable bonds is 14. The summed E-state index contributed by atoms with van der Waals surface area (Å²) in [4.78, 5) is 23.5. The summed E-state index contributed by atoms with van der Waals surface area (Å²) in [5, 5.41) is 0.644. The number of aromatic nitrogens is 1. The van der Waals surface area contributed by atoms with Gasteiger partial charge in [0.25, 0.3) is 5.91 Å². The molecule has 0 fully saturated rings. The second kappa shape index (κ2) is 13.7. The highest BCUT2D eigenvalue weighted by atomic mass is 32.2. The Morgan fingerprint density at radius 3 is 2.16 bits per heavy atom. The molecule has 0 saturated carbocycles. The molecule has 0 spiro atoms. The van der Waals surface area contributed by atoms with Gasteiger partial charge in [-0.15, -0.1) is 11.8 Å². The van der Waals surface area contributed by atoms with E-state index in [2.05, 4.69) is 13.8 Å². The van der Waals surface area contributed by atoms with Gasteiger partial charge < -0.3 is 4.90 Å². The van der Waals surface area contributed by atoms with Crippen molar-refractivity contribution in [1.82, 2.24) is 14.2 Å². The molecule has 1 aromatic heterocycles. The maximum absolute atomic E-state index is 13.7. The van der Waals surface area contributed by atoms with E-state index in [-0.39, 0.29) is 10.8 Å². The Balaban J connectivity index is 1.91. The molecule has 0 aliphatic carbocycles. The smallest absolute Gasteiger partial charge is 0.260 e. The number of amides is 1. The quantitative estimate of drug-likeness (QED) is 0.231. The van der Waals surface area contributed by atoms with Gasteiger partial charge >= 0.3 is 0 Å². The molecule has 0 aliphatic rings. The lowest BCUT2D eigenvalue weighted by atomic mass is 10.2. The number of hydrogen-bond donors (Lipinski definition) is 0. The number of nitrogens with zero attached hydrogens (tertiary/aromatic N) is 4. The van der Waals surface area contributed by atoms with Crippen LogP contribution in [0.15, 0.2) is 52.3 Å². The highest BCUT2D eigenvalue weighted by molar-refractivity contribution is 7.98. The zero-order valence-electron chi connectivity index (χ0n) is 22.4. The number of anilines is 1.